The fourth-order valence-electron chi connectivity index (χ4n) is 2.05. The van der Waals surface area contributed by atoms with Crippen LogP contribution in [-0.2, 0) is 0 Å². The molecule has 88 valence electrons. The summed E-state index contributed by atoms with van der Waals surface area (Å²) in [5.41, 5.74) is 6.32. The molecular weight excluding hydrogens is 224 g/mol. The normalized spacial score (nSPS) is 19.8. The highest BCUT2D eigenvalue weighted by Crippen LogP contribution is 2.20. The monoisotopic (exact) mass is 240 g/mol. The molecule has 1 atom stereocenters. The summed E-state index contributed by atoms with van der Waals surface area (Å²) < 4.78 is 3.71. The zero-order chi connectivity index (χ0) is 11.5. The Morgan fingerprint density at radius 1 is 1.62 bits per heavy atom. The molecule has 1 unspecified atom stereocenters. The first-order valence-electron chi connectivity index (χ1n) is 5.50. The van der Waals surface area contributed by atoms with Crippen LogP contribution in [0.2, 0.25) is 0 Å². The predicted molar refractivity (Wildman–Crippen MR) is 62.2 cm³/mol. The Bertz CT molecular complexity index is 344. The van der Waals surface area contributed by atoms with Gasteiger partial charge in [0, 0.05) is 24.5 Å². The minimum atomic E-state index is -0.00289. The van der Waals surface area contributed by atoms with E-state index in [1.54, 1.807) is 5.38 Å². The van der Waals surface area contributed by atoms with Crippen molar-refractivity contribution in [3.05, 3.63) is 11.1 Å². The smallest absolute Gasteiger partial charge is 0.275 e. The third kappa shape index (κ3) is 2.38. The molecule has 2 N–H and O–H groups in total. The van der Waals surface area contributed by atoms with Gasteiger partial charge in [0.1, 0.15) is 0 Å². The van der Waals surface area contributed by atoms with Crippen LogP contribution in [0.1, 0.15) is 30.3 Å². The zero-order valence-electron chi connectivity index (χ0n) is 9.30. The molecule has 0 aliphatic carbocycles. The average Bonchev–Trinajstić information content (AvgIpc) is 2.81. The lowest BCUT2D eigenvalue weighted by Gasteiger charge is -2.33. The Hall–Kier alpha value is -1.01. The van der Waals surface area contributed by atoms with Gasteiger partial charge in [0.2, 0.25) is 0 Å². The Morgan fingerprint density at radius 3 is 2.81 bits per heavy atom. The number of nitrogens with zero attached hydrogens (tertiary/aromatic N) is 3. The molecule has 5 nitrogen and oxygen atoms in total. The first kappa shape index (κ1) is 11.5. The molecule has 0 radical (unpaired) electrons. The number of carbonyl (C=O) groups excluding carboxylic acids is 1. The summed E-state index contributed by atoms with van der Waals surface area (Å²) in [6.07, 6.45) is 1.97. The number of carbonyl (C=O) groups is 1. The van der Waals surface area contributed by atoms with Crippen molar-refractivity contribution in [3.63, 3.8) is 0 Å². The van der Waals surface area contributed by atoms with Gasteiger partial charge in [-0.2, -0.15) is 0 Å². The van der Waals surface area contributed by atoms with Gasteiger partial charge in [-0.25, -0.2) is 0 Å². The van der Waals surface area contributed by atoms with E-state index in [-0.39, 0.29) is 11.9 Å². The Labute approximate surface area is 98.8 Å². The van der Waals surface area contributed by atoms with E-state index in [1.807, 2.05) is 11.8 Å². The number of aromatic nitrogens is 2. The van der Waals surface area contributed by atoms with Crippen molar-refractivity contribution in [2.45, 2.75) is 25.8 Å². The molecule has 2 heterocycles. The number of hydrogen-bond acceptors (Lipinski definition) is 5. The van der Waals surface area contributed by atoms with Crippen LogP contribution in [0, 0.1) is 5.92 Å². The lowest BCUT2D eigenvalue weighted by Crippen LogP contribution is -2.42. The van der Waals surface area contributed by atoms with E-state index in [4.69, 9.17) is 5.73 Å². The highest BCUT2D eigenvalue weighted by molar-refractivity contribution is 7.03. The molecule has 1 aromatic rings. The summed E-state index contributed by atoms with van der Waals surface area (Å²) in [5, 5.41) is 5.49. The SMILES string of the molecule is CC(N)C1CCN(C(=O)c2csnn2)CC1. The van der Waals surface area contributed by atoms with Gasteiger partial charge in [-0.05, 0) is 37.2 Å². The number of hydrogen-bond donors (Lipinski definition) is 1. The van der Waals surface area contributed by atoms with Crippen LogP contribution in [-0.4, -0.2) is 39.5 Å². The maximum Gasteiger partial charge on any atom is 0.275 e. The van der Waals surface area contributed by atoms with Crippen LogP contribution in [0.25, 0.3) is 0 Å². The van der Waals surface area contributed by atoms with Crippen molar-refractivity contribution < 1.29 is 4.79 Å². The number of amides is 1. The summed E-state index contributed by atoms with van der Waals surface area (Å²) in [6, 6.07) is 0.221. The third-order valence-electron chi connectivity index (χ3n) is 3.15. The van der Waals surface area contributed by atoms with Gasteiger partial charge in [0.25, 0.3) is 5.91 Å². The van der Waals surface area contributed by atoms with Crippen molar-refractivity contribution in [1.82, 2.24) is 14.5 Å². The Balaban J connectivity index is 1.92. The Kier molecular flexibility index (Phi) is 3.50. The van der Waals surface area contributed by atoms with Gasteiger partial charge < -0.3 is 10.6 Å². The summed E-state index contributed by atoms with van der Waals surface area (Å²) in [5.74, 6) is 0.537. The lowest BCUT2D eigenvalue weighted by atomic mass is 9.91. The highest BCUT2D eigenvalue weighted by atomic mass is 32.1. The quantitative estimate of drug-likeness (QED) is 0.827. The van der Waals surface area contributed by atoms with Crippen molar-refractivity contribution >= 4 is 17.4 Å². The standard InChI is InChI=1S/C10H16N4OS/c1-7(11)8-2-4-14(5-3-8)10(15)9-6-16-13-12-9/h6-8H,2-5,11H2,1H3. The van der Waals surface area contributed by atoms with E-state index >= 15 is 0 Å². The molecular formula is C10H16N4OS. The molecule has 1 aliphatic heterocycles. The molecule has 0 saturated carbocycles. The topological polar surface area (TPSA) is 72.1 Å². The molecule has 16 heavy (non-hydrogen) atoms. The van der Waals surface area contributed by atoms with E-state index < -0.39 is 0 Å². The minimum absolute atomic E-state index is 0.00289. The molecule has 1 amide bonds. The average molecular weight is 240 g/mol. The number of nitrogens with two attached hydrogens (primary N) is 1. The van der Waals surface area contributed by atoms with Crippen molar-refractivity contribution in [1.29, 1.82) is 0 Å². The van der Waals surface area contributed by atoms with Crippen LogP contribution >= 0.6 is 11.5 Å². The van der Waals surface area contributed by atoms with Crippen LogP contribution in [0.5, 0.6) is 0 Å². The van der Waals surface area contributed by atoms with Gasteiger partial charge in [0.05, 0.1) is 0 Å². The molecule has 2 rings (SSSR count). The third-order valence-corrected chi connectivity index (χ3v) is 3.65. The van der Waals surface area contributed by atoms with Crippen molar-refractivity contribution in [3.8, 4) is 0 Å². The largest absolute Gasteiger partial charge is 0.337 e. The van der Waals surface area contributed by atoms with Gasteiger partial charge >= 0.3 is 0 Å². The van der Waals surface area contributed by atoms with Crippen LogP contribution in [0.4, 0.5) is 0 Å². The summed E-state index contributed by atoms with van der Waals surface area (Å²) in [4.78, 5) is 13.8. The van der Waals surface area contributed by atoms with E-state index in [0.717, 1.165) is 25.9 Å². The van der Waals surface area contributed by atoms with E-state index in [0.29, 0.717) is 11.6 Å². The molecule has 1 fully saturated rings. The first-order chi connectivity index (χ1) is 7.68. The number of likely N-dealkylation sites (tertiary alicyclic amines) is 1. The maximum atomic E-state index is 11.9. The van der Waals surface area contributed by atoms with E-state index in [9.17, 15) is 4.79 Å². The lowest BCUT2D eigenvalue weighted by molar-refractivity contribution is 0.0675. The van der Waals surface area contributed by atoms with Crippen LogP contribution in [0.15, 0.2) is 5.38 Å². The molecule has 0 bridgehead atoms. The second-order valence-electron chi connectivity index (χ2n) is 4.28. The van der Waals surface area contributed by atoms with Crippen molar-refractivity contribution in [2.24, 2.45) is 11.7 Å². The zero-order valence-corrected chi connectivity index (χ0v) is 10.1. The van der Waals surface area contributed by atoms with E-state index in [1.165, 1.54) is 11.5 Å². The molecule has 6 heteroatoms. The van der Waals surface area contributed by atoms with Gasteiger partial charge in [-0.1, -0.05) is 4.49 Å². The molecule has 1 aromatic heterocycles. The molecule has 0 aromatic carbocycles. The van der Waals surface area contributed by atoms with E-state index in [2.05, 4.69) is 9.59 Å². The van der Waals surface area contributed by atoms with Gasteiger partial charge in [-0.15, -0.1) is 5.10 Å². The van der Waals surface area contributed by atoms with Gasteiger partial charge in [-0.3, -0.25) is 4.79 Å². The maximum absolute atomic E-state index is 11.9. The molecule has 1 saturated heterocycles. The number of piperidine rings is 1. The summed E-state index contributed by atoms with van der Waals surface area (Å²) >= 11 is 1.21. The fourth-order valence-corrected chi connectivity index (χ4v) is 2.48. The fraction of sp³-hybridized carbons (Fsp3) is 0.700. The van der Waals surface area contributed by atoms with Gasteiger partial charge in [0.15, 0.2) is 5.69 Å². The second kappa shape index (κ2) is 4.88. The number of rotatable bonds is 2. The second-order valence-corrected chi connectivity index (χ2v) is 4.89. The molecule has 1 aliphatic rings. The van der Waals surface area contributed by atoms with Crippen molar-refractivity contribution in [2.75, 3.05) is 13.1 Å². The summed E-state index contributed by atoms with van der Waals surface area (Å²) in [6.45, 7) is 3.59. The Morgan fingerprint density at radius 2 is 2.31 bits per heavy atom. The predicted octanol–water partition coefficient (Wildman–Crippen LogP) is 0.737. The first-order valence-corrected chi connectivity index (χ1v) is 6.34. The van der Waals surface area contributed by atoms with Crippen LogP contribution < -0.4 is 5.73 Å². The minimum Gasteiger partial charge on any atom is -0.337 e. The highest BCUT2D eigenvalue weighted by Gasteiger charge is 2.26. The van der Waals surface area contributed by atoms with Crippen LogP contribution in [0.3, 0.4) is 0 Å². The summed E-state index contributed by atoms with van der Waals surface area (Å²) in [7, 11) is 0. The molecule has 0 spiro atoms.